The van der Waals surface area contributed by atoms with Gasteiger partial charge < -0.3 is 0 Å². The molecule has 0 aliphatic carbocycles. The molecule has 0 unspecified atom stereocenters. The first kappa shape index (κ1) is 12.5. The number of hydrogen-bond donors (Lipinski definition) is 0. The highest BCUT2D eigenvalue weighted by atomic mass is 35.5. The number of aryl methyl sites for hydroxylation is 1. The van der Waals surface area contributed by atoms with Gasteiger partial charge in [-0.2, -0.15) is 0 Å². The van der Waals surface area contributed by atoms with Crippen LogP contribution in [0.3, 0.4) is 0 Å². The number of benzene rings is 1. The summed E-state index contributed by atoms with van der Waals surface area (Å²) in [6.45, 7) is 0. The van der Waals surface area contributed by atoms with Crippen LogP contribution in [0.25, 0.3) is 0 Å². The molecule has 2 rings (SSSR count). The lowest BCUT2D eigenvalue weighted by atomic mass is 10.1. The number of nitrogens with zero attached hydrogens (tertiary/aromatic N) is 1. The molecule has 0 saturated heterocycles. The SMILES string of the molecule is Fc1cccc(Cc2nc(CCCCl)cs2)c1. The number of halogens is 2. The second-order valence-electron chi connectivity index (χ2n) is 3.83. The van der Waals surface area contributed by atoms with Crippen LogP contribution in [-0.4, -0.2) is 10.9 Å². The monoisotopic (exact) mass is 269 g/mol. The maximum Gasteiger partial charge on any atom is 0.123 e. The van der Waals surface area contributed by atoms with Crippen LogP contribution in [0.2, 0.25) is 0 Å². The van der Waals surface area contributed by atoms with Gasteiger partial charge in [-0.1, -0.05) is 12.1 Å². The first-order valence-corrected chi connectivity index (χ1v) is 6.93. The molecule has 90 valence electrons. The van der Waals surface area contributed by atoms with Crippen LogP contribution in [0, 0.1) is 5.82 Å². The van der Waals surface area contributed by atoms with E-state index in [0.717, 1.165) is 29.1 Å². The van der Waals surface area contributed by atoms with Crippen molar-refractivity contribution in [1.82, 2.24) is 4.98 Å². The number of thiazole rings is 1. The van der Waals surface area contributed by atoms with Crippen molar-refractivity contribution in [2.75, 3.05) is 5.88 Å². The minimum atomic E-state index is -0.193. The summed E-state index contributed by atoms with van der Waals surface area (Å²) in [7, 11) is 0. The van der Waals surface area contributed by atoms with Gasteiger partial charge in [0.1, 0.15) is 5.82 Å². The second kappa shape index (κ2) is 6.12. The molecule has 0 N–H and O–H groups in total. The molecule has 17 heavy (non-hydrogen) atoms. The largest absolute Gasteiger partial charge is 0.246 e. The van der Waals surface area contributed by atoms with Crippen molar-refractivity contribution in [2.24, 2.45) is 0 Å². The molecule has 0 aliphatic rings. The van der Waals surface area contributed by atoms with E-state index in [4.69, 9.17) is 11.6 Å². The van der Waals surface area contributed by atoms with E-state index >= 15 is 0 Å². The molecule has 0 spiro atoms. The van der Waals surface area contributed by atoms with E-state index in [1.165, 1.54) is 6.07 Å². The Kier molecular flexibility index (Phi) is 4.51. The zero-order valence-corrected chi connectivity index (χ0v) is 10.9. The summed E-state index contributed by atoms with van der Waals surface area (Å²) in [6.07, 6.45) is 2.57. The van der Waals surface area contributed by atoms with Crippen molar-refractivity contribution in [3.63, 3.8) is 0 Å². The third kappa shape index (κ3) is 3.79. The fraction of sp³-hybridized carbons (Fsp3) is 0.308. The minimum Gasteiger partial charge on any atom is -0.246 e. The van der Waals surface area contributed by atoms with Crippen LogP contribution in [-0.2, 0) is 12.8 Å². The summed E-state index contributed by atoms with van der Waals surface area (Å²) in [5, 5.41) is 3.08. The molecule has 4 heteroatoms. The third-order valence-corrected chi connectivity index (χ3v) is 3.58. The Morgan fingerprint density at radius 1 is 1.35 bits per heavy atom. The van der Waals surface area contributed by atoms with Crippen molar-refractivity contribution >= 4 is 22.9 Å². The van der Waals surface area contributed by atoms with Gasteiger partial charge in [0.25, 0.3) is 0 Å². The Bertz CT molecular complexity index is 484. The molecule has 1 aromatic heterocycles. The summed E-state index contributed by atoms with van der Waals surface area (Å²) in [5.74, 6) is 0.470. The van der Waals surface area contributed by atoms with Gasteiger partial charge in [-0.3, -0.25) is 0 Å². The maximum absolute atomic E-state index is 13.0. The molecule has 0 amide bonds. The van der Waals surface area contributed by atoms with Gasteiger partial charge in [0.15, 0.2) is 0 Å². The normalized spacial score (nSPS) is 10.7. The van der Waals surface area contributed by atoms with E-state index < -0.39 is 0 Å². The molecule has 1 nitrogen and oxygen atoms in total. The lowest BCUT2D eigenvalue weighted by Gasteiger charge is -1.97. The van der Waals surface area contributed by atoms with Gasteiger partial charge in [-0.15, -0.1) is 22.9 Å². The third-order valence-electron chi connectivity index (χ3n) is 2.41. The molecule has 0 saturated carbocycles. The lowest BCUT2D eigenvalue weighted by molar-refractivity contribution is 0.626. The van der Waals surface area contributed by atoms with Crippen molar-refractivity contribution in [2.45, 2.75) is 19.3 Å². The summed E-state index contributed by atoms with van der Waals surface area (Å²) in [6, 6.07) is 6.66. The van der Waals surface area contributed by atoms with E-state index in [9.17, 15) is 4.39 Å². The molecule has 0 aliphatic heterocycles. The van der Waals surface area contributed by atoms with Crippen molar-refractivity contribution < 1.29 is 4.39 Å². The zero-order valence-electron chi connectivity index (χ0n) is 9.33. The number of rotatable bonds is 5. The van der Waals surface area contributed by atoms with E-state index in [0.29, 0.717) is 12.3 Å². The highest BCUT2D eigenvalue weighted by Gasteiger charge is 2.04. The fourth-order valence-corrected chi connectivity index (χ4v) is 2.61. The van der Waals surface area contributed by atoms with Crippen LogP contribution in [0.15, 0.2) is 29.6 Å². The maximum atomic E-state index is 13.0. The Morgan fingerprint density at radius 3 is 3.00 bits per heavy atom. The zero-order chi connectivity index (χ0) is 12.1. The average molecular weight is 270 g/mol. The summed E-state index contributed by atoms with van der Waals surface area (Å²) in [4.78, 5) is 4.51. The van der Waals surface area contributed by atoms with Crippen molar-refractivity contribution in [1.29, 1.82) is 0 Å². The Labute approximate surface area is 109 Å². The quantitative estimate of drug-likeness (QED) is 0.747. The smallest absolute Gasteiger partial charge is 0.123 e. The van der Waals surface area contributed by atoms with Gasteiger partial charge in [-0.05, 0) is 30.5 Å². The molecule has 1 heterocycles. The first-order chi connectivity index (χ1) is 8.28. The van der Waals surface area contributed by atoms with Crippen molar-refractivity contribution in [3.8, 4) is 0 Å². The van der Waals surface area contributed by atoms with Gasteiger partial charge in [0, 0.05) is 17.7 Å². The van der Waals surface area contributed by atoms with Crippen LogP contribution < -0.4 is 0 Å². The van der Waals surface area contributed by atoms with E-state index in [1.807, 2.05) is 6.07 Å². The Hall–Kier alpha value is -0.930. The van der Waals surface area contributed by atoms with Crippen LogP contribution in [0.1, 0.15) is 22.7 Å². The van der Waals surface area contributed by atoms with E-state index in [1.54, 1.807) is 23.5 Å². The van der Waals surface area contributed by atoms with Crippen LogP contribution in [0.4, 0.5) is 4.39 Å². The Balaban J connectivity index is 2.01. The molecule has 0 radical (unpaired) electrons. The van der Waals surface area contributed by atoms with Crippen molar-refractivity contribution in [3.05, 3.63) is 51.7 Å². The lowest BCUT2D eigenvalue weighted by Crippen LogP contribution is -1.91. The van der Waals surface area contributed by atoms with Gasteiger partial charge >= 0.3 is 0 Å². The second-order valence-corrected chi connectivity index (χ2v) is 5.15. The van der Waals surface area contributed by atoms with E-state index in [2.05, 4.69) is 10.4 Å². The highest BCUT2D eigenvalue weighted by molar-refractivity contribution is 7.09. The van der Waals surface area contributed by atoms with Gasteiger partial charge in [-0.25, -0.2) is 9.37 Å². The van der Waals surface area contributed by atoms with E-state index in [-0.39, 0.29) is 5.82 Å². The molecule has 0 fully saturated rings. The fourth-order valence-electron chi connectivity index (χ4n) is 1.61. The predicted molar refractivity (Wildman–Crippen MR) is 70.4 cm³/mol. The average Bonchev–Trinajstić information content (AvgIpc) is 2.74. The molecule has 2 aromatic rings. The summed E-state index contributed by atoms with van der Waals surface area (Å²) in [5.41, 5.74) is 2.05. The first-order valence-electron chi connectivity index (χ1n) is 5.51. The van der Waals surface area contributed by atoms with Crippen LogP contribution in [0.5, 0.6) is 0 Å². The minimum absolute atomic E-state index is 0.193. The molecular weight excluding hydrogens is 257 g/mol. The number of alkyl halides is 1. The van der Waals surface area contributed by atoms with Gasteiger partial charge in [0.2, 0.25) is 0 Å². The summed E-state index contributed by atoms with van der Waals surface area (Å²) >= 11 is 7.26. The molecular formula is C13H13ClFNS. The number of hydrogen-bond acceptors (Lipinski definition) is 2. The Morgan fingerprint density at radius 2 is 2.24 bits per heavy atom. The standard InChI is InChI=1S/C13H13ClFNS/c14-6-2-5-12-9-17-13(16-12)8-10-3-1-4-11(15)7-10/h1,3-4,7,9H,2,5-6,8H2. The molecule has 0 atom stereocenters. The highest BCUT2D eigenvalue weighted by Crippen LogP contribution is 2.16. The van der Waals surface area contributed by atoms with Crippen LogP contribution >= 0.6 is 22.9 Å². The molecule has 0 bridgehead atoms. The number of aromatic nitrogens is 1. The van der Waals surface area contributed by atoms with Gasteiger partial charge in [0.05, 0.1) is 10.7 Å². The summed E-state index contributed by atoms with van der Waals surface area (Å²) < 4.78 is 13.0. The topological polar surface area (TPSA) is 12.9 Å². The predicted octanol–water partition coefficient (Wildman–Crippen LogP) is 4.04. The molecule has 1 aromatic carbocycles.